The second kappa shape index (κ2) is 18.8. The number of aromatic hydroxyl groups is 1. The Bertz CT molecular complexity index is 548. The van der Waals surface area contributed by atoms with E-state index in [1.165, 1.54) is 18.4 Å². The van der Waals surface area contributed by atoms with Crippen LogP contribution >= 0.6 is 0 Å². The number of phenolic OH excluding ortho intramolecular Hbond substituents is 1. The third-order valence-corrected chi connectivity index (χ3v) is 2.69. The highest BCUT2D eigenvalue weighted by Gasteiger charge is 2.01. The van der Waals surface area contributed by atoms with Crippen molar-refractivity contribution >= 4 is 0 Å². The molecule has 154 valence electrons. The topological polar surface area (TPSA) is 38.7 Å². The molecule has 0 saturated heterocycles. The van der Waals surface area contributed by atoms with Gasteiger partial charge in [-0.3, -0.25) is 0 Å². The Morgan fingerprint density at radius 1 is 0.815 bits per heavy atom. The van der Waals surface area contributed by atoms with Crippen molar-refractivity contribution in [3.63, 3.8) is 0 Å². The molecule has 1 atom stereocenters. The fourth-order valence-electron chi connectivity index (χ4n) is 1.78. The fourth-order valence-corrected chi connectivity index (χ4v) is 1.78. The van der Waals surface area contributed by atoms with Gasteiger partial charge in [0.15, 0.2) is 6.29 Å². The van der Waals surface area contributed by atoms with E-state index in [4.69, 9.17) is 14.6 Å². The van der Waals surface area contributed by atoms with Gasteiger partial charge in [-0.15, -0.1) is 0 Å². The first-order chi connectivity index (χ1) is 12.8. The van der Waals surface area contributed by atoms with E-state index >= 15 is 0 Å². The molecule has 2 aromatic rings. The van der Waals surface area contributed by atoms with Crippen LogP contribution in [0.1, 0.15) is 65.5 Å². The largest absolute Gasteiger partial charge is 0.508 e. The molecule has 0 fully saturated rings. The van der Waals surface area contributed by atoms with E-state index in [0.29, 0.717) is 12.4 Å². The van der Waals surface area contributed by atoms with Crippen LogP contribution in [0.25, 0.3) is 0 Å². The summed E-state index contributed by atoms with van der Waals surface area (Å²) in [6, 6.07) is 15.1. The average molecular weight is 377 g/mol. The van der Waals surface area contributed by atoms with Crippen molar-refractivity contribution in [3.8, 4) is 11.5 Å². The summed E-state index contributed by atoms with van der Waals surface area (Å²) in [5.74, 6) is 1.20. The SMILES string of the molecule is CCC.CCC.CCOC(C)Oc1cccc(C)c1.Cc1cccc(O)c1. The van der Waals surface area contributed by atoms with Gasteiger partial charge in [-0.25, -0.2) is 0 Å². The molecule has 0 aromatic heterocycles. The molecule has 0 heterocycles. The highest BCUT2D eigenvalue weighted by molar-refractivity contribution is 5.27. The van der Waals surface area contributed by atoms with Gasteiger partial charge >= 0.3 is 0 Å². The number of hydrogen-bond donors (Lipinski definition) is 1. The lowest BCUT2D eigenvalue weighted by molar-refractivity contribution is -0.0613. The lowest BCUT2D eigenvalue weighted by atomic mass is 10.2. The number of hydrogen-bond acceptors (Lipinski definition) is 3. The van der Waals surface area contributed by atoms with Crippen LogP contribution in [-0.4, -0.2) is 18.0 Å². The van der Waals surface area contributed by atoms with Gasteiger partial charge in [0.1, 0.15) is 11.5 Å². The first-order valence-corrected chi connectivity index (χ1v) is 9.94. The van der Waals surface area contributed by atoms with E-state index in [2.05, 4.69) is 27.7 Å². The van der Waals surface area contributed by atoms with Gasteiger partial charge in [0, 0.05) is 6.61 Å². The molecule has 1 unspecified atom stereocenters. The van der Waals surface area contributed by atoms with Gasteiger partial charge in [-0.05, 0) is 63.1 Å². The molecule has 1 N–H and O–H groups in total. The Balaban J connectivity index is 0. The van der Waals surface area contributed by atoms with Crippen LogP contribution in [-0.2, 0) is 4.74 Å². The maximum Gasteiger partial charge on any atom is 0.196 e. The molecule has 2 aromatic carbocycles. The molecule has 27 heavy (non-hydrogen) atoms. The zero-order valence-corrected chi connectivity index (χ0v) is 18.6. The molecule has 0 saturated carbocycles. The second-order valence-corrected chi connectivity index (χ2v) is 6.21. The van der Waals surface area contributed by atoms with Crippen molar-refractivity contribution in [2.75, 3.05) is 6.61 Å². The zero-order chi connectivity index (χ0) is 21.1. The summed E-state index contributed by atoms with van der Waals surface area (Å²) in [7, 11) is 0. The molecule has 0 aliphatic heterocycles. The van der Waals surface area contributed by atoms with E-state index < -0.39 is 0 Å². The first kappa shape index (κ1) is 27.2. The molecular formula is C24H40O3. The summed E-state index contributed by atoms with van der Waals surface area (Å²) in [4.78, 5) is 0. The third kappa shape index (κ3) is 18.6. The fraction of sp³-hybridized carbons (Fsp3) is 0.500. The smallest absolute Gasteiger partial charge is 0.196 e. The molecule has 0 aliphatic carbocycles. The minimum atomic E-state index is -0.174. The molecule has 0 radical (unpaired) electrons. The Morgan fingerprint density at radius 2 is 1.30 bits per heavy atom. The number of aryl methyl sites for hydroxylation is 2. The van der Waals surface area contributed by atoms with Crippen molar-refractivity contribution in [2.45, 2.75) is 74.5 Å². The predicted molar refractivity (Wildman–Crippen MR) is 118 cm³/mol. The van der Waals surface area contributed by atoms with Crippen LogP contribution in [0.4, 0.5) is 0 Å². The van der Waals surface area contributed by atoms with E-state index in [0.717, 1.165) is 11.3 Å². The minimum absolute atomic E-state index is 0.174. The van der Waals surface area contributed by atoms with Crippen molar-refractivity contribution in [3.05, 3.63) is 59.7 Å². The van der Waals surface area contributed by atoms with E-state index in [9.17, 15) is 0 Å². The van der Waals surface area contributed by atoms with Gasteiger partial charge < -0.3 is 14.6 Å². The Morgan fingerprint density at radius 3 is 1.67 bits per heavy atom. The maximum absolute atomic E-state index is 8.81. The van der Waals surface area contributed by atoms with Crippen molar-refractivity contribution in [2.24, 2.45) is 0 Å². The summed E-state index contributed by atoms with van der Waals surface area (Å²) < 4.78 is 10.8. The highest BCUT2D eigenvalue weighted by Crippen LogP contribution is 2.14. The summed E-state index contributed by atoms with van der Waals surface area (Å²) in [5.41, 5.74) is 2.28. The molecule has 2 rings (SSSR count). The lowest BCUT2D eigenvalue weighted by Crippen LogP contribution is -2.15. The Hall–Kier alpha value is -2.00. The van der Waals surface area contributed by atoms with Gasteiger partial charge in [-0.1, -0.05) is 64.8 Å². The third-order valence-electron chi connectivity index (χ3n) is 2.69. The quantitative estimate of drug-likeness (QED) is 0.569. The maximum atomic E-state index is 8.81. The summed E-state index contributed by atoms with van der Waals surface area (Å²) in [5, 5.41) is 8.81. The van der Waals surface area contributed by atoms with Crippen LogP contribution in [0, 0.1) is 13.8 Å². The molecular weight excluding hydrogens is 336 g/mol. The van der Waals surface area contributed by atoms with Gasteiger partial charge in [-0.2, -0.15) is 0 Å². The van der Waals surface area contributed by atoms with Crippen LogP contribution < -0.4 is 4.74 Å². The monoisotopic (exact) mass is 376 g/mol. The van der Waals surface area contributed by atoms with Crippen molar-refractivity contribution < 1.29 is 14.6 Å². The standard InChI is InChI=1S/C11H16O2.C7H8O.2C3H8/c1-4-12-10(3)13-11-7-5-6-9(2)8-11;1-6-3-2-4-7(8)5-6;2*1-3-2/h5-8,10H,4H2,1-3H3;2-5,8H,1H3;2*3H2,1-2H3. The average Bonchev–Trinajstić information content (AvgIpc) is 2.57. The van der Waals surface area contributed by atoms with E-state index in [1.54, 1.807) is 12.1 Å². The van der Waals surface area contributed by atoms with Crippen LogP contribution in [0.5, 0.6) is 11.5 Å². The lowest BCUT2D eigenvalue weighted by Gasteiger charge is -2.14. The van der Waals surface area contributed by atoms with Crippen molar-refractivity contribution in [1.82, 2.24) is 0 Å². The summed E-state index contributed by atoms with van der Waals surface area (Å²) >= 11 is 0. The van der Waals surface area contributed by atoms with Gasteiger partial charge in [0.25, 0.3) is 0 Å². The Labute approximate surface area is 167 Å². The summed E-state index contributed by atoms with van der Waals surface area (Å²) in [6.07, 6.45) is 2.33. The van der Waals surface area contributed by atoms with Crippen LogP contribution in [0.2, 0.25) is 0 Å². The summed E-state index contributed by atoms with van der Waals surface area (Å²) in [6.45, 7) is 17.0. The highest BCUT2D eigenvalue weighted by atomic mass is 16.7. The normalized spacial score (nSPS) is 10.1. The first-order valence-electron chi connectivity index (χ1n) is 9.94. The number of phenols is 1. The van der Waals surface area contributed by atoms with E-state index in [-0.39, 0.29) is 6.29 Å². The molecule has 0 amide bonds. The molecule has 0 bridgehead atoms. The molecule has 3 heteroatoms. The molecule has 3 nitrogen and oxygen atoms in total. The zero-order valence-electron chi connectivity index (χ0n) is 18.6. The van der Waals surface area contributed by atoms with Gasteiger partial charge in [0.2, 0.25) is 0 Å². The minimum Gasteiger partial charge on any atom is -0.508 e. The van der Waals surface area contributed by atoms with E-state index in [1.807, 2.05) is 64.1 Å². The van der Waals surface area contributed by atoms with Crippen LogP contribution in [0.3, 0.4) is 0 Å². The molecule has 0 spiro atoms. The number of benzene rings is 2. The molecule has 0 aliphatic rings. The second-order valence-electron chi connectivity index (χ2n) is 6.21. The Kier molecular flexibility index (Phi) is 18.9. The number of ether oxygens (including phenoxy) is 2. The van der Waals surface area contributed by atoms with Crippen LogP contribution in [0.15, 0.2) is 48.5 Å². The number of rotatable bonds is 4. The van der Waals surface area contributed by atoms with Gasteiger partial charge in [0.05, 0.1) is 0 Å². The predicted octanol–water partition coefficient (Wildman–Crippen LogP) is 7.29. The van der Waals surface area contributed by atoms with Crippen molar-refractivity contribution in [1.29, 1.82) is 0 Å².